The zero-order valence-electron chi connectivity index (χ0n) is 13.4. The minimum Gasteiger partial charge on any atom is -0.382 e. The van der Waals surface area contributed by atoms with Gasteiger partial charge in [-0.2, -0.15) is 0 Å². The summed E-state index contributed by atoms with van der Waals surface area (Å²) in [7, 11) is 0. The average molecular weight is 338 g/mol. The number of halogens is 1. The Morgan fingerprint density at radius 2 is 1.58 bits per heavy atom. The molecule has 2 aromatic carbocycles. The summed E-state index contributed by atoms with van der Waals surface area (Å²) in [4.78, 5) is 4.52. The lowest BCUT2D eigenvalue weighted by atomic mass is 10.1. The molecule has 0 spiro atoms. The number of rotatable bonds is 7. The molecular weight excluding hydrogens is 318 g/mol. The van der Waals surface area contributed by atoms with Crippen LogP contribution in [0.2, 0.25) is 0 Å². The van der Waals surface area contributed by atoms with Gasteiger partial charge >= 0.3 is 0 Å². The van der Waals surface area contributed by atoms with Crippen LogP contribution in [-0.2, 0) is 6.54 Å². The van der Waals surface area contributed by atoms with Crippen LogP contribution in [0.15, 0.2) is 72.9 Å². The average Bonchev–Trinajstić information content (AvgIpc) is 2.66. The molecule has 4 heteroatoms. The quantitative estimate of drug-likeness (QED) is 0.595. The summed E-state index contributed by atoms with van der Waals surface area (Å²) in [6.07, 6.45) is 1.86. The summed E-state index contributed by atoms with van der Waals surface area (Å²) >= 11 is 5.80. The van der Waals surface area contributed by atoms with Crippen molar-refractivity contribution < 1.29 is 0 Å². The minimum atomic E-state index is 0.558. The highest BCUT2D eigenvalue weighted by Gasteiger charge is 2.07. The Morgan fingerprint density at radius 1 is 0.875 bits per heavy atom. The van der Waals surface area contributed by atoms with E-state index in [1.165, 1.54) is 5.56 Å². The highest BCUT2D eigenvalue weighted by Crippen LogP contribution is 2.29. The van der Waals surface area contributed by atoms with Gasteiger partial charge in [-0.25, -0.2) is 4.98 Å². The predicted molar refractivity (Wildman–Crippen MR) is 103 cm³/mol. The number of aromatic nitrogens is 1. The highest BCUT2D eigenvalue weighted by atomic mass is 35.5. The smallest absolute Gasteiger partial charge is 0.126 e. The van der Waals surface area contributed by atoms with Gasteiger partial charge in [0.05, 0.1) is 11.9 Å². The van der Waals surface area contributed by atoms with Gasteiger partial charge in [0.1, 0.15) is 5.82 Å². The first-order chi connectivity index (χ1) is 11.9. The van der Waals surface area contributed by atoms with Crippen molar-refractivity contribution in [3.8, 4) is 11.1 Å². The van der Waals surface area contributed by atoms with Crippen molar-refractivity contribution in [3.63, 3.8) is 0 Å². The van der Waals surface area contributed by atoms with E-state index in [-0.39, 0.29) is 0 Å². The van der Waals surface area contributed by atoms with Gasteiger partial charge in [-0.15, -0.1) is 11.6 Å². The Hall–Kier alpha value is -2.52. The molecule has 0 aliphatic carbocycles. The largest absolute Gasteiger partial charge is 0.382 e. The van der Waals surface area contributed by atoms with Crippen molar-refractivity contribution in [2.75, 3.05) is 23.1 Å². The number of benzene rings is 2. The van der Waals surface area contributed by atoms with Crippen molar-refractivity contribution in [2.45, 2.75) is 6.54 Å². The molecule has 1 heterocycles. The Labute approximate surface area is 147 Å². The Balaban J connectivity index is 1.83. The topological polar surface area (TPSA) is 37.0 Å². The predicted octanol–water partition coefficient (Wildman–Crippen LogP) is 5.01. The molecule has 0 unspecified atom stereocenters. The first-order valence-electron chi connectivity index (χ1n) is 8.00. The van der Waals surface area contributed by atoms with Crippen LogP contribution in [0.3, 0.4) is 0 Å². The summed E-state index contributed by atoms with van der Waals surface area (Å²) in [5.74, 6) is 1.41. The van der Waals surface area contributed by atoms with Gasteiger partial charge in [0.15, 0.2) is 0 Å². The molecular formula is C20H20ClN3. The Bertz CT molecular complexity index is 760. The van der Waals surface area contributed by atoms with Crippen molar-refractivity contribution in [3.05, 3.63) is 78.5 Å². The molecule has 122 valence electrons. The molecule has 0 atom stereocenters. The number of nitrogens with zero attached hydrogens (tertiary/aromatic N) is 1. The molecule has 24 heavy (non-hydrogen) atoms. The van der Waals surface area contributed by atoms with Crippen LogP contribution in [0.4, 0.5) is 11.5 Å². The van der Waals surface area contributed by atoms with Gasteiger partial charge in [-0.3, -0.25) is 0 Å². The number of alkyl halides is 1. The van der Waals surface area contributed by atoms with Crippen LogP contribution in [0.5, 0.6) is 0 Å². The Morgan fingerprint density at radius 3 is 2.29 bits per heavy atom. The molecule has 1 aromatic heterocycles. The molecule has 0 amide bonds. The summed E-state index contributed by atoms with van der Waals surface area (Å²) in [6.45, 7) is 1.45. The van der Waals surface area contributed by atoms with E-state index in [1.54, 1.807) is 0 Å². The van der Waals surface area contributed by atoms with Gasteiger partial charge < -0.3 is 10.6 Å². The summed E-state index contributed by atoms with van der Waals surface area (Å²) in [5, 5.41) is 6.73. The molecule has 0 saturated heterocycles. The van der Waals surface area contributed by atoms with E-state index in [9.17, 15) is 0 Å². The summed E-state index contributed by atoms with van der Waals surface area (Å²) in [6, 6.07) is 22.7. The second-order valence-electron chi connectivity index (χ2n) is 5.44. The van der Waals surface area contributed by atoms with E-state index in [1.807, 2.05) is 42.6 Å². The zero-order chi connectivity index (χ0) is 16.6. The van der Waals surface area contributed by atoms with E-state index in [0.717, 1.165) is 29.2 Å². The highest BCUT2D eigenvalue weighted by molar-refractivity contribution is 6.18. The van der Waals surface area contributed by atoms with Gasteiger partial charge in [-0.05, 0) is 17.2 Å². The lowest BCUT2D eigenvalue weighted by Crippen LogP contribution is -2.06. The zero-order valence-corrected chi connectivity index (χ0v) is 14.1. The molecule has 0 aliphatic heterocycles. The second-order valence-corrected chi connectivity index (χ2v) is 5.81. The first-order valence-corrected chi connectivity index (χ1v) is 8.53. The molecule has 3 aromatic rings. The maximum atomic E-state index is 5.80. The van der Waals surface area contributed by atoms with Crippen LogP contribution in [-0.4, -0.2) is 17.4 Å². The maximum absolute atomic E-state index is 5.80. The molecule has 0 fully saturated rings. The molecule has 3 nitrogen and oxygen atoms in total. The van der Waals surface area contributed by atoms with Crippen LogP contribution < -0.4 is 10.6 Å². The number of nitrogens with one attached hydrogen (secondary N) is 2. The summed E-state index contributed by atoms with van der Waals surface area (Å²) < 4.78 is 0. The van der Waals surface area contributed by atoms with E-state index in [2.05, 4.69) is 45.9 Å². The van der Waals surface area contributed by atoms with E-state index >= 15 is 0 Å². The SMILES string of the molecule is ClCCNc1cnc(NCc2ccccc2)cc1-c1ccccc1. The van der Waals surface area contributed by atoms with Crippen LogP contribution >= 0.6 is 11.6 Å². The number of pyridine rings is 1. The minimum absolute atomic E-state index is 0.558. The van der Waals surface area contributed by atoms with Crippen molar-refractivity contribution in [1.82, 2.24) is 4.98 Å². The maximum Gasteiger partial charge on any atom is 0.126 e. The lowest BCUT2D eigenvalue weighted by molar-refractivity contribution is 1.11. The molecule has 0 radical (unpaired) electrons. The van der Waals surface area contributed by atoms with Crippen molar-refractivity contribution in [2.24, 2.45) is 0 Å². The van der Waals surface area contributed by atoms with E-state index in [0.29, 0.717) is 12.4 Å². The van der Waals surface area contributed by atoms with Gasteiger partial charge in [0.25, 0.3) is 0 Å². The van der Waals surface area contributed by atoms with Gasteiger partial charge in [0.2, 0.25) is 0 Å². The lowest BCUT2D eigenvalue weighted by Gasteiger charge is -2.14. The number of hydrogen-bond acceptors (Lipinski definition) is 3. The fraction of sp³-hybridized carbons (Fsp3) is 0.150. The normalized spacial score (nSPS) is 10.4. The van der Waals surface area contributed by atoms with Crippen LogP contribution in [0.1, 0.15) is 5.56 Å². The fourth-order valence-corrected chi connectivity index (χ4v) is 2.61. The second kappa shape index (κ2) is 8.37. The van der Waals surface area contributed by atoms with Crippen molar-refractivity contribution >= 4 is 23.1 Å². The van der Waals surface area contributed by atoms with E-state index in [4.69, 9.17) is 11.6 Å². The van der Waals surface area contributed by atoms with Crippen molar-refractivity contribution in [1.29, 1.82) is 0 Å². The van der Waals surface area contributed by atoms with Crippen LogP contribution in [0, 0.1) is 0 Å². The van der Waals surface area contributed by atoms with Gasteiger partial charge in [0, 0.05) is 24.5 Å². The Kier molecular flexibility index (Phi) is 5.70. The number of hydrogen-bond donors (Lipinski definition) is 2. The monoisotopic (exact) mass is 337 g/mol. The third-order valence-corrected chi connectivity index (χ3v) is 3.90. The van der Waals surface area contributed by atoms with Crippen LogP contribution in [0.25, 0.3) is 11.1 Å². The molecule has 0 saturated carbocycles. The first kappa shape index (κ1) is 16.3. The fourth-order valence-electron chi connectivity index (χ4n) is 2.52. The molecule has 3 rings (SSSR count). The molecule has 2 N–H and O–H groups in total. The summed E-state index contributed by atoms with van der Waals surface area (Å²) in [5.41, 5.74) is 4.49. The molecule has 0 bridgehead atoms. The third kappa shape index (κ3) is 4.27. The van der Waals surface area contributed by atoms with Gasteiger partial charge in [-0.1, -0.05) is 60.7 Å². The standard InChI is InChI=1S/C20H20ClN3/c21-11-12-22-19-15-24-20(23-14-16-7-3-1-4-8-16)13-18(19)17-9-5-2-6-10-17/h1-10,13,15,22H,11-12,14H2,(H,23,24). The van der Waals surface area contributed by atoms with E-state index < -0.39 is 0 Å². The third-order valence-electron chi connectivity index (χ3n) is 3.72. The molecule has 0 aliphatic rings. The number of anilines is 2.